The van der Waals surface area contributed by atoms with Crippen LogP contribution in [-0.2, 0) is 27.3 Å². The van der Waals surface area contributed by atoms with E-state index in [2.05, 4.69) is 9.72 Å². The zero-order valence-electron chi connectivity index (χ0n) is 14.9. The number of ether oxygens (including phenoxy) is 1. The van der Waals surface area contributed by atoms with Gasteiger partial charge in [0.15, 0.2) is 0 Å². The monoisotopic (exact) mass is 374 g/mol. The first kappa shape index (κ1) is 19.9. The van der Waals surface area contributed by atoms with Gasteiger partial charge in [0.05, 0.1) is 25.8 Å². The van der Waals surface area contributed by atoms with Crippen LogP contribution in [0.5, 0.6) is 0 Å². The van der Waals surface area contributed by atoms with Gasteiger partial charge in [-0.05, 0) is 42.7 Å². The molecule has 0 N–H and O–H groups in total. The number of benzene rings is 1. The van der Waals surface area contributed by atoms with Crippen molar-refractivity contribution in [3.8, 4) is 0 Å². The molecule has 1 aromatic heterocycles. The summed E-state index contributed by atoms with van der Waals surface area (Å²) in [5.74, 6) is -0.321. The van der Waals surface area contributed by atoms with Gasteiger partial charge in [0.25, 0.3) is 0 Å². The van der Waals surface area contributed by atoms with E-state index in [1.807, 2.05) is 42.5 Å². The van der Waals surface area contributed by atoms with Crippen molar-refractivity contribution in [3.05, 3.63) is 64.9 Å². The van der Waals surface area contributed by atoms with E-state index in [4.69, 9.17) is 11.6 Å². The van der Waals surface area contributed by atoms with Crippen LogP contribution in [0.25, 0.3) is 0 Å². The highest BCUT2D eigenvalue weighted by molar-refractivity contribution is 6.30. The summed E-state index contributed by atoms with van der Waals surface area (Å²) < 4.78 is 4.68. The first-order valence-electron chi connectivity index (χ1n) is 8.57. The zero-order chi connectivity index (χ0) is 18.8. The molecule has 26 heavy (non-hydrogen) atoms. The summed E-state index contributed by atoms with van der Waals surface area (Å²) >= 11 is 5.88. The number of carbonyl (C=O) groups is 2. The Bertz CT molecular complexity index is 705. The fraction of sp³-hybridized carbons (Fsp3) is 0.350. The third-order valence-electron chi connectivity index (χ3n) is 4.01. The summed E-state index contributed by atoms with van der Waals surface area (Å²) in [6.07, 6.45) is 3.82. The average molecular weight is 375 g/mol. The maximum atomic E-state index is 12.6. The van der Waals surface area contributed by atoms with Crippen LogP contribution in [0.3, 0.4) is 0 Å². The highest BCUT2D eigenvalue weighted by atomic mass is 35.5. The van der Waals surface area contributed by atoms with Crippen molar-refractivity contribution in [2.45, 2.75) is 32.2 Å². The zero-order valence-corrected chi connectivity index (χ0v) is 15.6. The summed E-state index contributed by atoms with van der Waals surface area (Å²) in [6, 6.07) is 13.2. The van der Waals surface area contributed by atoms with Crippen molar-refractivity contribution in [1.82, 2.24) is 9.88 Å². The van der Waals surface area contributed by atoms with Gasteiger partial charge in [-0.2, -0.15) is 0 Å². The molecule has 1 amide bonds. The molecule has 1 aromatic carbocycles. The Morgan fingerprint density at radius 1 is 1.12 bits per heavy atom. The standard InChI is InChI=1S/C20H23ClN2O3/c1-26-20(25)12-14-23(15-18-6-2-3-13-22-18)19(24)7-4-5-16-8-10-17(21)11-9-16/h2-3,6,8-11,13H,4-5,7,12,14-15H2,1H3. The van der Waals surface area contributed by atoms with Crippen molar-refractivity contribution in [1.29, 1.82) is 0 Å². The SMILES string of the molecule is COC(=O)CCN(Cc1ccccn1)C(=O)CCCc1ccc(Cl)cc1. The second kappa shape index (κ2) is 10.6. The van der Waals surface area contributed by atoms with Crippen molar-refractivity contribution < 1.29 is 14.3 Å². The van der Waals surface area contributed by atoms with Crippen LogP contribution in [0.2, 0.25) is 5.02 Å². The van der Waals surface area contributed by atoms with Gasteiger partial charge in [0, 0.05) is 24.2 Å². The maximum Gasteiger partial charge on any atom is 0.307 e. The molecule has 2 rings (SSSR count). The van der Waals surface area contributed by atoms with Gasteiger partial charge in [0.2, 0.25) is 5.91 Å². The van der Waals surface area contributed by atoms with E-state index in [0.29, 0.717) is 24.5 Å². The van der Waals surface area contributed by atoms with Gasteiger partial charge in [0.1, 0.15) is 0 Å². The number of hydrogen-bond donors (Lipinski definition) is 0. The minimum Gasteiger partial charge on any atom is -0.469 e. The van der Waals surface area contributed by atoms with Gasteiger partial charge in [-0.3, -0.25) is 14.6 Å². The number of rotatable bonds is 9. The minimum atomic E-state index is -0.329. The molecule has 6 heteroatoms. The molecule has 5 nitrogen and oxygen atoms in total. The number of esters is 1. The number of carbonyl (C=O) groups excluding carboxylic acids is 2. The van der Waals surface area contributed by atoms with E-state index in [9.17, 15) is 9.59 Å². The molecule has 0 unspecified atom stereocenters. The molecule has 0 fully saturated rings. The lowest BCUT2D eigenvalue weighted by molar-refractivity contribution is -0.142. The van der Waals surface area contributed by atoms with Gasteiger partial charge < -0.3 is 9.64 Å². The molecule has 0 saturated carbocycles. The Morgan fingerprint density at radius 3 is 2.54 bits per heavy atom. The highest BCUT2D eigenvalue weighted by Crippen LogP contribution is 2.13. The summed E-state index contributed by atoms with van der Waals surface area (Å²) in [6.45, 7) is 0.709. The van der Waals surface area contributed by atoms with Gasteiger partial charge >= 0.3 is 5.97 Å². The summed E-state index contributed by atoms with van der Waals surface area (Å²) in [5.41, 5.74) is 1.94. The number of methoxy groups -OCH3 is 1. The number of hydrogen-bond acceptors (Lipinski definition) is 4. The molecule has 0 aliphatic carbocycles. The first-order chi connectivity index (χ1) is 12.6. The van der Waals surface area contributed by atoms with Crippen LogP contribution >= 0.6 is 11.6 Å². The number of halogens is 1. The second-order valence-corrected chi connectivity index (χ2v) is 6.38. The maximum absolute atomic E-state index is 12.6. The van der Waals surface area contributed by atoms with Crippen LogP contribution in [0.15, 0.2) is 48.7 Å². The molecule has 2 aromatic rings. The predicted octanol–water partition coefficient (Wildman–Crippen LogP) is 3.65. The molecule has 0 aliphatic rings. The third-order valence-corrected chi connectivity index (χ3v) is 4.27. The first-order valence-corrected chi connectivity index (χ1v) is 8.95. The molecule has 1 heterocycles. The highest BCUT2D eigenvalue weighted by Gasteiger charge is 2.16. The van der Waals surface area contributed by atoms with Crippen LogP contribution in [0.1, 0.15) is 30.5 Å². The number of amides is 1. The average Bonchev–Trinajstić information content (AvgIpc) is 2.67. The van der Waals surface area contributed by atoms with E-state index in [0.717, 1.165) is 24.1 Å². The Balaban J connectivity index is 1.90. The van der Waals surface area contributed by atoms with Crippen molar-refractivity contribution in [3.63, 3.8) is 0 Å². The Labute approximate surface area is 158 Å². The van der Waals surface area contributed by atoms with Crippen LogP contribution < -0.4 is 0 Å². The number of nitrogens with zero attached hydrogens (tertiary/aromatic N) is 2. The molecule has 0 atom stereocenters. The molecular weight excluding hydrogens is 352 g/mol. The van der Waals surface area contributed by atoms with E-state index in [1.54, 1.807) is 11.1 Å². The molecule has 138 valence electrons. The Kier molecular flexibility index (Phi) is 8.09. The lowest BCUT2D eigenvalue weighted by Gasteiger charge is -2.22. The minimum absolute atomic E-state index is 0.00789. The normalized spacial score (nSPS) is 10.4. The number of pyridine rings is 1. The lowest BCUT2D eigenvalue weighted by atomic mass is 10.1. The third kappa shape index (κ3) is 6.84. The Morgan fingerprint density at radius 2 is 1.88 bits per heavy atom. The summed E-state index contributed by atoms with van der Waals surface area (Å²) in [5, 5.41) is 0.703. The molecule has 0 radical (unpaired) electrons. The van der Waals surface area contributed by atoms with E-state index in [-0.39, 0.29) is 18.3 Å². The van der Waals surface area contributed by atoms with Crippen LogP contribution in [-0.4, -0.2) is 35.4 Å². The summed E-state index contributed by atoms with van der Waals surface area (Å²) in [7, 11) is 1.35. The van der Waals surface area contributed by atoms with Crippen molar-refractivity contribution >= 4 is 23.5 Å². The molecule has 0 spiro atoms. The molecule has 0 aliphatic heterocycles. The summed E-state index contributed by atoms with van der Waals surface area (Å²) in [4.78, 5) is 30.0. The number of aromatic nitrogens is 1. The molecule has 0 bridgehead atoms. The largest absolute Gasteiger partial charge is 0.469 e. The second-order valence-electron chi connectivity index (χ2n) is 5.94. The van der Waals surface area contributed by atoms with E-state index in [1.165, 1.54) is 7.11 Å². The van der Waals surface area contributed by atoms with E-state index < -0.39 is 0 Å². The molecule has 0 saturated heterocycles. The van der Waals surface area contributed by atoms with Crippen molar-refractivity contribution in [2.75, 3.05) is 13.7 Å². The van der Waals surface area contributed by atoms with Crippen molar-refractivity contribution in [2.24, 2.45) is 0 Å². The fourth-order valence-electron chi connectivity index (χ4n) is 2.56. The van der Waals surface area contributed by atoms with Gasteiger partial charge in [-0.15, -0.1) is 0 Å². The Hall–Kier alpha value is -2.40. The quantitative estimate of drug-likeness (QED) is 0.628. The van der Waals surface area contributed by atoms with Gasteiger partial charge in [-0.1, -0.05) is 29.8 Å². The predicted molar refractivity (Wildman–Crippen MR) is 101 cm³/mol. The smallest absolute Gasteiger partial charge is 0.307 e. The fourth-order valence-corrected chi connectivity index (χ4v) is 2.69. The lowest BCUT2D eigenvalue weighted by Crippen LogP contribution is -2.33. The molecular formula is C20H23ClN2O3. The topological polar surface area (TPSA) is 59.5 Å². The van der Waals surface area contributed by atoms with Crippen LogP contribution in [0, 0.1) is 0 Å². The number of aryl methyl sites for hydroxylation is 1. The van der Waals surface area contributed by atoms with Gasteiger partial charge in [-0.25, -0.2) is 0 Å². The van der Waals surface area contributed by atoms with Crippen LogP contribution in [0.4, 0.5) is 0 Å². The van der Waals surface area contributed by atoms with E-state index >= 15 is 0 Å².